The smallest absolute Gasteiger partial charge is 0.323 e. The Morgan fingerprint density at radius 2 is 1.45 bits per heavy atom. The van der Waals surface area contributed by atoms with Crippen molar-refractivity contribution in [2.24, 2.45) is 5.92 Å². The van der Waals surface area contributed by atoms with Crippen LogP contribution in [0.15, 0.2) is 103 Å². The maximum Gasteiger partial charge on any atom is 0.323 e. The van der Waals surface area contributed by atoms with E-state index in [-0.39, 0.29) is 30.8 Å². The van der Waals surface area contributed by atoms with E-state index in [1.54, 1.807) is 12.1 Å². The summed E-state index contributed by atoms with van der Waals surface area (Å²) in [4.78, 5) is 15.5. The first-order valence-electron chi connectivity index (χ1n) is 16.8. The molecule has 4 aromatic rings. The zero-order chi connectivity index (χ0) is 32.4. The molecule has 4 atom stereocenters. The number of anilines is 2. The normalized spacial score (nSPS) is 22.1. The topological polar surface area (TPSA) is 92.3 Å². The van der Waals surface area contributed by atoms with Gasteiger partial charge in [0.15, 0.2) is 6.29 Å². The van der Waals surface area contributed by atoms with Crippen molar-refractivity contribution >= 4 is 17.4 Å². The van der Waals surface area contributed by atoms with Crippen LogP contribution >= 0.6 is 0 Å². The van der Waals surface area contributed by atoms with Gasteiger partial charge >= 0.3 is 6.03 Å². The van der Waals surface area contributed by atoms with Crippen molar-refractivity contribution in [2.75, 3.05) is 30.3 Å². The molecule has 0 unspecified atom stereocenters. The van der Waals surface area contributed by atoms with Crippen LogP contribution in [0.5, 0.6) is 11.5 Å². The molecule has 3 N–H and O–H groups in total. The Bertz CT molecular complexity index is 1560. The SMILES string of the molecule is C[C@@H]1[C@H](CN2CCCCCCC2)O[C@H](c2cccc(NC(=O)Nc3ccc(Oc4ccccc4)cc3)c2)O[C@@H]1c1ccc(CO)cc1. The van der Waals surface area contributed by atoms with Gasteiger partial charge in [-0.3, -0.25) is 0 Å². The lowest BCUT2D eigenvalue weighted by atomic mass is 9.89. The fourth-order valence-electron chi connectivity index (χ4n) is 6.37. The highest BCUT2D eigenvalue weighted by Gasteiger charge is 2.39. The summed E-state index contributed by atoms with van der Waals surface area (Å²) in [7, 11) is 0. The van der Waals surface area contributed by atoms with Crippen molar-refractivity contribution in [3.63, 3.8) is 0 Å². The lowest BCUT2D eigenvalue weighted by molar-refractivity contribution is -0.276. The van der Waals surface area contributed by atoms with E-state index in [4.69, 9.17) is 14.2 Å². The summed E-state index contributed by atoms with van der Waals surface area (Å²) in [6.07, 6.45) is 5.50. The molecule has 0 spiro atoms. The highest BCUT2D eigenvalue weighted by Crippen LogP contribution is 2.42. The molecule has 6 rings (SSSR count). The number of likely N-dealkylation sites (tertiary alicyclic amines) is 1. The summed E-state index contributed by atoms with van der Waals surface area (Å²) in [5.41, 5.74) is 4.06. The van der Waals surface area contributed by atoms with Crippen LogP contribution in [-0.4, -0.2) is 41.8 Å². The van der Waals surface area contributed by atoms with Gasteiger partial charge in [0.25, 0.3) is 0 Å². The minimum atomic E-state index is -0.601. The first-order valence-corrected chi connectivity index (χ1v) is 16.8. The molecule has 2 fully saturated rings. The molecular formula is C39H45N3O5. The van der Waals surface area contributed by atoms with Crippen molar-refractivity contribution in [3.8, 4) is 11.5 Å². The molecule has 0 aromatic heterocycles. The van der Waals surface area contributed by atoms with Gasteiger partial charge in [-0.25, -0.2) is 4.79 Å². The van der Waals surface area contributed by atoms with Crippen LogP contribution in [0.1, 0.15) is 68.1 Å². The number of urea groups is 1. The van der Waals surface area contributed by atoms with Crippen LogP contribution in [0.3, 0.4) is 0 Å². The molecule has 0 radical (unpaired) electrons. The molecule has 0 aliphatic carbocycles. The van der Waals surface area contributed by atoms with Crippen molar-refractivity contribution < 1.29 is 24.1 Å². The third-order valence-electron chi connectivity index (χ3n) is 9.02. The quantitative estimate of drug-likeness (QED) is 0.170. The Hall–Kier alpha value is -4.21. The van der Waals surface area contributed by atoms with E-state index in [0.29, 0.717) is 17.1 Å². The molecular weight excluding hydrogens is 590 g/mol. The Balaban J connectivity index is 1.14. The molecule has 47 heavy (non-hydrogen) atoms. The van der Waals surface area contributed by atoms with Crippen LogP contribution in [0, 0.1) is 5.92 Å². The molecule has 4 aromatic carbocycles. The fraction of sp³-hybridized carbons (Fsp3) is 0.359. The highest BCUT2D eigenvalue weighted by atomic mass is 16.7. The van der Waals surface area contributed by atoms with Gasteiger partial charge in [0, 0.05) is 29.4 Å². The number of aliphatic hydroxyl groups excluding tert-OH is 1. The monoisotopic (exact) mass is 635 g/mol. The second kappa shape index (κ2) is 16.1. The molecule has 2 aliphatic heterocycles. The number of rotatable bonds is 9. The summed E-state index contributed by atoms with van der Waals surface area (Å²) < 4.78 is 19.2. The summed E-state index contributed by atoms with van der Waals surface area (Å²) >= 11 is 0. The van der Waals surface area contributed by atoms with Crippen molar-refractivity contribution in [2.45, 2.75) is 64.1 Å². The summed E-state index contributed by atoms with van der Waals surface area (Å²) in [6, 6.07) is 32.1. The van der Waals surface area contributed by atoms with Gasteiger partial charge in [0.1, 0.15) is 11.5 Å². The second-order valence-electron chi connectivity index (χ2n) is 12.5. The van der Waals surface area contributed by atoms with E-state index in [9.17, 15) is 9.90 Å². The number of carbonyl (C=O) groups is 1. The number of benzene rings is 4. The summed E-state index contributed by atoms with van der Waals surface area (Å²) in [5.74, 6) is 1.55. The van der Waals surface area contributed by atoms with E-state index >= 15 is 0 Å². The predicted octanol–water partition coefficient (Wildman–Crippen LogP) is 8.67. The maximum atomic E-state index is 13.0. The van der Waals surface area contributed by atoms with Crippen molar-refractivity contribution in [1.29, 1.82) is 0 Å². The van der Waals surface area contributed by atoms with Crippen LogP contribution in [-0.2, 0) is 16.1 Å². The number of hydrogen-bond acceptors (Lipinski definition) is 6. The number of nitrogens with one attached hydrogen (secondary N) is 2. The molecule has 2 saturated heterocycles. The van der Waals surface area contributed by atoms with Gasteiger partial charge in [-0.2, -0.15) is 0 Å². The first-order chi connectivity index (χ1) is 23.0. The molecule has 2 aliphatic rings. The van der Waals surface area contributed by atoms with Gasteiger partial charge in [0.2, 0.25) is 0 Å². The Kier molecular flexibility index (Phi) is 11.2. The molecule has 0 bridgehead atoms. The Morgan fingerprint density at radius 3 is 2.17 bits per heavy atom. The van der Waals surface area contributed by atoms with Crippen LogP contribution in [0.4, 0.5) is 16.2 Å². The fourth-order valence-corrected chi connectivity index (χ4v) is 6.37. The lowest BCUT2D eigenvalue weighted by Crippen LogP contribution is -2.45. The second-order valence-corrected chi connectivity index (χ2v) is 12.5. The lowest BCUT2D eigenvalue weighted by Gasteiger charge is -2.43. The Morgan fingerprint density at radius 1 is 0.766 bits per heavy atom. The number of amides is 2. The number of hydrogen-bond donors (Lipinski definition) is 3. The molecule has 0 saturated carbocycles. The number of aliphatic hydroxyl groups is 1. The van der Waals surface area contributed by atoms with E-state index in [2.05, 4.69) is 22.5 Å². The zero-order valence-electron chi connectivity index (χ0n) is 27.0. The third kappa shape index (κ3) is 8.99. The molecule has 2 heterocycles. The first kappa shape index (κ1) is 32.7. The van der Waals surface area contributed by atoms with Gasteiger partial charge in [-0.1, -0.05) is 80.8 Å². The molecule has 8 nitrogen and oxygen atoms in total. The summed E-state index contributed by atoms with van der Waals surface area (Å²) in [6.45, 7) is 5.24. The summed E-state index contributed by atoms with van der Waals surface area (Å²) in [5, 5.41) is 15.4. The largest absolute Gasteiger partial charge is 0.457 e. The Labute approximate surface area is 277 Å². The van der Waals surface area contributed by atoms with Crippen molar-refractivity contribution in [1.82, 2.24) is 4.90 Å². The van der Waals surface area contributed by atoms with Gasteiger partial charge in [0.05, 0.1) is 18.8 Å². The third-order valence-corrected chi connectivity index (χ3v) is 9.02. The van der Waals surface area contributed by atoms with Crippen LogP contribution < -0.4 is 15.4 Å². The minimum Gasteiger partial charge on any atom is -0.457 e. The maximum absolute atomic E-state index is 13.0. The van der Waals surface area contributed by atoms with Crippen LogP contribution in [0.25, 0.3) is 0 Å². The number of carbonyl (C=O) groups excluding carboxylic acids is 1. The molecule has 8 heteroatoms. The van der Waals surface area contributed by atoms with Gasteiger partial charge < -0.3 is 34.9 Å². The van der Waals surface area contributed by atoms with E-state index < -0.39 is 6.29 Å². The van der Waals surface area contributed by atoms with Gasteiger partial charge in [-0.05, 0) is 85.6 Å². The van der Waals surface area contributed by atoms with Gasteiger partial charge in [-0.15, -0.1) is 0 Å². The van der Waals surface area contributed by atoms with E-state index in [1.165, 1.54) is 32.1 Å². The molecule has 2 amide bonds. The minimum absolute atomic E-state index is 0.00598. The zero-order valence-corrected chi connectivity index (χ0v) is 27.0. The van der Waals surface area contributed by atoms with Crippen LogP contribution in [0.2, 0.25) is 0 Å². The van der Waals surface area contributed by atoms with Crippen molar-refractivity contribution in [3.05, 3.63) is 120 Å². The molecule has 246 valence electrons. The number of ether oxygens (including phenoxy) is 3. The average molecular weight is 636 g/mol. The highest BCUT2D eigenvalue weighted by molar-refractivity contribution is 5.99. The number of para-hydroxylation sites is 1. The predicted molar refractivity (Wildman–Crippen MR) is 185 cm³/mol. The van der Waals surface area contributed by atoms with E-state index in [1.807, 2.05) is 91.0 Å². The average Bonchev–Trinajstić information content (AvgIpc) is 3.08. The standard InChI is InChI=1S/C39H45N3O5/c1-28-36(26-42-23-8-3-2-4-9-24-42)46-38(47-37(28)30-17-15-29(27-43)16-18-30)31-11-10-12-33(25-31)41-39(44)40-32-19-21-35(22-20-32)45-34-13-6-5-7-14-34/h5-7,10-22,25,28,36-38,43H,2-4,8-9,23-24,26-27H2,1H3,(H2,40,41,44)/t28-,36+,37+,38+/m1/s1. The van der Waals surface area contributed by atoms with E-state index in [0.717, 1.165) is 42.1 Å². The number of nitrogens with zero attached hydrogens (tertiary/aromatic N) is 1.